The van der Waals surface area contributed by atoms with Crippen LogP contribution in [0.25, 0.3) is 0 Å². The Balaban J connectivity index is 1.76. The van der Waals surface area contributed by atoms with E-state index in [-0.39, 0.29) is 11.6 Å². The second kappa shape index (κ2) is 4.94. The van der Waals surface area contributed by atoms with Gasteiger partial charge in [-0.1, -0.05) is 18.2 Å². The molecule has 2 heterocycles. The summed E-state index contributed by atoms with van der Waals surface area (Å²) in [6, 6.07) is 7.79. The van der Waals surface area contributed by atoms with E-state index in [2.05, 4.69) is 4.90 Å². The number of carbonyl (C=O) groups is 1. The third-order valence-corrected chi connectivity index (χ3v) is 4.27. The Kier molecular flexibility index (Phi) is 3.29. The van der Waals surface area contributed by atoms with Crippen LogP contribution in [-0.4, -0.2) is 37.0 Å². The van der Waals surface area contributed by atoms with Crippen molar-refractivity contribution in [2.45, 2.75) is 24.9 Å². The smallest absolute Gasteiger partial charge is 0.339 e. The molecule has 0 saturated carbocycles. The van der Waals surface area contributed by atoms with E-state index in [0.29, 0.717) is 0 Å². The molecule has 0 unspecified atom stereocenters. The molecular formula is C15H20N2O2. The van der Waals surface area contributed by atoms with Crippen molar-refractivity contribution in [1.29, 1.82) is 0 Å². The fraction of sp³-hybridized carbons (Fsp3) is 0.533. The minimum absolute atomic E-state index is 0.161. The molecule has 0 atom stereocenters. The summed E-state index contributed by atoms with van der Waals surface area (Å²) in [4.78, 5) is 14.3. The Morgan fingerprint density at radius 1 is 1.26 bits per heavy atom. The molecular weight excluding hydrogens is 240 g/mol. The fourth-order valence-electron chi connectivity index (χ4n) is 3.17. The second-order valence-corrected chi connectivity index (χ2v) is 5.41. The van der Waals surface area contributed by atoms with Gasteiger partial charge in [-0.05, 0) is 25.6 Å². The van der Waals surface area contributed by atoms with E-state index in [4.69, 9.17) is 10.5 Å². The van der Waals surface area contributed by atoms with Gasteiger partial charge < -0.3 is 15.4 Å². The van der Waals surface area contributed by atoms with Crippen LogP contribution in [0.3, 0.4) is 0 Å². The zero-order valence-electron chi connectivity index (χ0n) is 11.1. The van der Waals surface area contributed by atoms with E-state index in [9.17, 15) is 4.79 Å². The predicted molar refractivity (Wildman–Crippen MR) is 72.9 cm³/mol. The molecule has 4 heteroatoms. The van der Waals surface area contributed by atoms with Gasteiger partial charge in [0.1, 0.15) is 5.60 Å². The Morgan fingerprint density at radius 2 is 2.00 bits per heavy atom. The average molecular weight is 260 g/mol. The highest BCUT2D eigenvalue weighted by molar-refractivity contribution is 5.94. The number of esters is 1. The monoisotopic (exact) mass is 260 g/mol. The topological polar surface area (TPSA) is 55.6 Å². The van der Waals surface area contributed by atoms with E-state index in [1.54, 1.807) is 0 Å². The quantitative estimate of drug-likeness (QED) is 0.837. The van der Waals surface area contributed by atoms with Crippen molar-refractivity contribution in [3.05, 3.63) is 35.4 Å². The number of hydrogen-bond donors (Lipinski definition) is 1. The third kappa shape index (κ3) is 2.15. The van der Waals surface area contributed by atoms with Crippen molar-refractivity contribution in [1.82, 2.24) is 4.90 Å². The van der Waals surface area contributed by atoms with Gasteiger partial charge in [-0.15, -0.1) is 0 Å². The molecule has 1 aromatic carbocycles. The molecule has 0 amide bonds. The number of fused-ring (bicyclic) bond motifs is 2. The molecule has 4 nitrogen and oxygen atoms in total. The van der Waals surface area contributed by atoms with Gasteiger partial charge in [0.05, 0.1) is 5.56 Å². The highest BCUT2D eigenvalue weighted by atomic mass is 16.6. The lowest BCUT2D eigenvalue weighted by molar-refractivity contribution is -0.0428. The summed E-state index contributed by atoms with van der Waals surface area (Å²) in [5.74, 6) is -0.161. The summed E-state index contributed by atoms with van der Waals surface area (Å²) in [5.41, 5.74) is 7.01. The highest BCUT2D eigenvalue weighted by Gasteiger charge is 2.46. The number of carbonyl (C=O) groups excluding carboxylic acids is 1. The van der Waals surface area contributed by atoms with Crippen LogP contribution in [-0.2, 0) is 10.3 Å². The molecule has 2 aliphatic heterocycles. The van der Waals surface area contributed by atoms with Gasteiger partial charge in [-0.3, -0.25) is 0 Å². The SMILES string of the molecule is NCCCN1CCC2(CC1)OC(=O)c1ccccc12. The van der Waals surface area contributed by atoms with Crippen LogP contribution in [0.4, 0.5) is 0 Å². The summed E-state index contributed by atoms with van der Waals surface area (Å²) in [7, 11) is 0. The van der Waals surface area contributed by atoms with Gasteiger partial charge in [0.25, 0.3) is 0 Å². The number of nitrogens with zero attached hydrogens (tertiary/aromatic N) is 1. The first kappa shape index (κ1) is 12.6. The Hall–Kier alpha value is -1.39. The molecule has 0 radical (unpaired) electrons. The Labute approximate surface area is 113 Å². The van der Waals surface area contributed by atoms with Crippen LogP contribution in [0.2, 0.25) is 0 Å². The number of ether oxygens (including phenoxy) is 1. The van der Waals surface area contributed by atoms with Crippen LogP contribution < -0.4 is 5.73 Å². The van der Waals surface area contributed by atoms with Crippen LogP contribution >= 0.6 is 0 Å². The van der Waals surface area contributed by atoms with Crippen molar-refractivity contribution in [2.75, 3.05) is 26.2 Å². The summed E-state index contributed by atoms with van der Waals surface area (Å²) < 4.78 is 5.72. The van der Waals surface area contributed by atoms with Crippen molar-refractivity contribution >= 4 is 5.97 Å². The Morgan fingerprint density at radius 3 is 2.74 bits per heavy atom. The highest BCUT2D eigenvalue weighted by Crippen LogP contribution is 2.43. The van der Waals surface area contributed by atoms with Crippen molar-refractivity contribution in [2.24, 2.45) is 5.73 Å². The van der Waals surface area contributed by atoms with E-state index in [1.165, 1.54) is 0 Å². The summed E-state index contributed by atoms with van der Waals surface area (Å²) in [6.07, 6.45) is 2.81. The molecule has 102 valence electrons. The molecule has 2 N–H and O–H groups in total. The first-order chi connectivity index (χ1) is 9.25. The molecule has 19 heavy (non-hydrogen) atoms. The summed E-state index contributed by atoms with van der Waals surface area (Å²) in [6.45, 7) is 3.73. The van der Waals surface area contributed by atoms with Crippen molar-refractivity contribution < 1.29 is 9.53 Å². The van der Waals surface area contributed by atoms with Gasteiger partial charge in [-0.2, -0.15) is 0 Å². The average Bonchev–Trinajstić information content (AvgIpc) is 2.72. The lowest BCUT2D eigenvalue weighted by Gasteiger charge is -2.38. The lowest BCUT2D eigenvalue weighted by Crippen LogP contribution is -2.43. The minimum Gasteiger partial charge on any atom is -0.450 e. The van der Waals surface area contributed by atoms with Gasteiger partial charge in [0.15, 0.2) is 0 Å². The van der Waals surface area contributed by atoms with E-state index < -0.39 is 0 Å². The number of nitrogens with two attached hydrogens (primary N) is 1. The van der Waals surface area contributed by atoms with Crippen molar-refractivity contribution in [3.63, 3.8) is 0 Å². The van der Waals surface area contributed by atoms with Crippen LogP contribution in [0, 0.1) is 0 Å². The van der Waals surface area contributed by atoms with Crippen molar-refractivity contribution in [3.8, 4) is 0 Å². The van der Waals surface area contributed by atoms with E-state index in [1.807, 2.05) is 24.3 Å². The van der Waals surface area contributed by atoms with Crippen LogP contribution in [0.15, 0.2) is 24.3 Å². The second-order valence-electron chi connectivity index (χ2n) is 5.41. The van der Waals surface area contributed by atoms with Crippen LogP contribution in [0.1, 0.15) is 35.2 Å². The summed E-state index contributed by atoms with van der Waals surface area (Å²) in [5, 5.41) is 0. The minimum atomic E-state index is -0.368. The van der Waals surface area contributed by atoms with Gasteiger partial charge in [-0.25, -0.2) is 4.79 Å². The molecule has 1 fully saturated rings. The maximum absolute atomic E-state index is 11.9. The van der Waals surface area contributed by atoms with Gasteiger partial charge in [0, 0.05) is 31.5 Å². The zero-order chi connectivity index (χ0) is 13.3. The maximum Gasteiger partial charge on any atom is 0.339 e. The number of likely N-dealkylation sites (tertiary alicyclic amines) is 1. The standard InChI is InChI=1S/C15H20N2O2/c16-8-3-9-17-10-6-15(7-11-17)13-5-2-1-4-12(13)14(18)19-15/h1-2,4-5H,3,6-11,16H2. The molecule has 2 aliphatic rings. The lowest BCUT2D eigenvalue weighted by atomic mass is 9.84. The van der Waals surface area contributed by atoms with Gasteiger partial charge in [0.2, 0.25) is 0 Å². The molecule has 1 spiro atoms. The first-order valence-corrected chi connectivity index (χ1v) is 7.00. The zero-order valence-corrected chi connectivity index (χ0v) is 11.1. The maximum atomic E-state index is 11.9. The third-order valence-electron chi connectivity index (χ3n) is 4.27. The van der Waals surface area contributed by atoms with E-state index in [0.717, 1.165) is 56.6 Å². The fourth-order valence-corrected chi connectivity index (χ4v) is 3.17. The van der Waals surface area contributed by atoms with E-state index >= 15 is 0 Å². The molecule has 0 aromatic heterocycles. The number of benzene rings is 1. The molecule has 0 bridgehead atoms. The molecule has 3 rings (SSSR count). The molecule has 1 aromatic rings. The largest absolute Gasteiger partial charge is 0.450 e. The first-order valence-electron chi connectivity index (χ1n) is 7.00. The Bertz CT molecular complexity index is 479. The number of piperidine rings is 1. The molecule has 1 saturated heterocycles. The predicted octanol–water partition coefficient (Wildman–Crippen LogP) is 1.50. The molecule has 0 aliphatic carbocycles. The van der Waals surface area contributed by atoms with Gasteiger partial charge >= 0.3 is 5.97 Å². The number of rotatable bonds is 3. The normalized spacial score (nSPS) is 21.4. The number of hydrogen-bond acceptors (Lipinski definition) is 4. The summed E-state index contributed by atoms with van der Waals surface area (Å²) >= 11 is 0. The van der Waals surface area contributed by atoms with Crippen LogP contribution in [0.5, 0.6) is 0 Å².